The van der Waals surface area contributed by atoms with Crippen LogP contribution in [0.1, 0.15) is 47.7 Å². The minimum absolute atomic E-state index is 0.0268. The first-order chi connectivity index (χ1) is 16.6. The van der Waals surface area contributed by atoms with E-state index in [2.05, 4.69) is 11.1 Å². The quantitative estimate of drug-likeness (QED) is 0.450. The van der Waals surface area contributed by atoms with Crippen LogP contribution >= 0.6 is 11.8 Å². The van der Waals surface area contributed by atoms with E-state index in [9.17, 15) is 19.7 Å². The van der Waals surface area contributed by atoms with Crippen molar-refractivity contribution < 1.29 is 18.7 Å². The molecule has 0 spiro atoms. The second-order valence-electron chi connectivity index (χ2n) is 8.30. The molecule has 0 saturated carbocycles. The fourth-order valence-corrected chi connectivity index (χ4v) is 4.72. The number of rotatable bonds is 6. The number of carbonyl (C=O) groups excluding carboxylic acids is 1. The molecule has 2 heterocycles. The summed E-state index contributed by atoms with van der Waals surface area (Å²) in [4.78, 5) is 17.8. The number of nitriles is 2. The summed E-state index contributed by atoms with van der Waals surface area (Å²) >= 11 is 1.22. The number of ether oxygens (including phenoxy) is 2. The summed E-state index contributed by atoms with van der Waals surface area (Å²) in [7, 11) is 0. The van der Waals surface area contributed by atoms with E-state index in [4.69, 9.17) is 15.2 Å². The van der Waals surface area contributed by atoms with Gasteiger partial charge in [0, 0.05) is 5.69 Å². The number of benzene rings is 1. The van der Waals surface area contributed by atoms with E-state index in [1.54, 1.807) is 13.8 Å². The predicted molar refractivity (Wildman–Crippen MR) is 129 cm³/mol. The molecule has 1 aromatic carbocycles. The van der Waals surface area contributed by atoms with Crippen LogP contribution in [-0.4, -0.2) is 22.8 Å². The van der Waals surface area contributed by atoms with Gasteiger partial charge in [-0.3, -0.25) is 0 Å². The molecule has 0 bridgehead atoms. The summed E-state index contributed by atoms with van der Waals surface area (Å²) in [6.07, 6.45) is -0.430. The molecular weight excluding hydrogens is 467 g/mol. The van der Waals surface area contributed by atoms with E-state index < -0.39 is 23.8 Å². The molecule has 3 rings (SSSR count). The number of thioether (sulfide) groups is 1. The number of allylic oxidation sites excluding steroid dienone is 1. The van der Waals surface area contributed by atoms with Gasteiger partial charge < -0.3 is 15.2 Å². The molecular formula is C26H25FN4O3S. The van der Waals surface area contributed by atoms with Gasteiger partial charge in [-0.05, 0) is 63.4 Å². The van der Waals surface area contributed by atoms with E-state index in [-0.39, 0.29) is 28.5 Å². The number of hydrogen-bond acceptors (Lipinski definition) is 8. The second-order valence-corrected chi connectivity index (χ2v) is 9.26. The van der Waals surface area contributed by atoms with Crippen LogP contribution < -0.4 is 5.73 Å². The van der Waals surface area contributed by atoms with E-state index in [0.29, 0.717) is 16.2 Å². The summed E-state index contributed by atoms with van der Waals surface area (Å²) in [6.45, 7) is 9.04. The van der Waals surface area contributed by atoms with Crippen LogP contribution in [0.15, 0.2) is 52.1 Å². The average Bonchev–Trinajstić information content (AvgIpc) is 2.80. The highest BCUT2D eigenvalue weighted by Crippen LogP contribution is 2.41. The van der Waals surface area contributed by atoms with Crippen molar-refractivity contribution in [2.75, 3.05) is 5.75 Å². The van der Waals surface area contributed by atoms with Crippen molar-refractivity contribution >= 4 is 17.7 Å². The van der Waals surface area contributed by atoms with Gasteiger partial charge >= 0.3 is 5.97 Å². The van der Waals surface area contributed by atoms with Crippen LogP contribution in [-0.2, 0) is 14.3 Å². The Morgan fingerprint density at radius 3 is 2.43 bits per heavy atom. The van der Waals surface area contributed by atoms with Crippen LogP contribution in [0.4, 0.5) is 4.39 Å². The van der Waals surface area contributed by atoms with Crippen LogP contribution in [0.2, 0.25) is 0 Å². The Morgan fingerprint density at radius 2 is 1.86 bits per heavy atom. The SMILES string of the molecule is Cc1nc(SCC2=C(C(=O)OC(C)C)[C@H](c3ccc(F)cc3)C(C#N)=C(N)O2)c(C#N)c(C)c1C. The molecule has 2 N–H and O–H groups in total. The molecule has 35 heavy (non-hydrogen) atoms. The van der Waals surface area contributed by atoms with Crippen molar-refractivity contribution in [2.24, 2.45) is 5.73 Å². The lowest BCUT2D eigenvalue weighted by Crippen LogP contribution is -2.28. The van der Waals surface area contributed by atoms with Gasteiger partial charge in [-0.1, -0.05) is 23.9 Å². The lowest BCUT2D eigenvalue weighted by molar-refractivity contribution is -0.143. The zero-order valence-electron chi connectivity index (χ0n) is 20.1. The minimum Gasteiger partial charge on any atom is -0.459 e. The standard InChI is InChI=1S/C26H25FN4O3S/c1-13(2)33-26(32)23-21(12-35-25-19(10-28)15(4)14(3)16(5)31-25)34-24(30)20(11-29)22(23)17-6-8-18(27)9-7-17/h6-9,13,22H,12,30H2,1-5H3/t22-/m1/s1. The molecule has 1 aliphatic rings. The van der Waals surface area contributed by atoms with Crippen LogP contribution in [0.5, 0.6) is 0 Å². The van der Waals surface area contributed by atoms with Crippen LogP contribution in [0.25, 0.3) is 0 Å². The van der Waals surface area contributed by atoms with Gasteiger partial charge in [0.25, 0.3) is 0 Å². The highest BCUT2D eigenvalue weighted by molar-refractivity contribution is 7.99. The van der Waals surface area contributed by atoms with Gasteiger partial charge in [0.1, 0.15) is 34.3 Å². The molecule has 2 aromatic rings. The van der Waals surface area contributed by atoms with Crippen molar-refractivity contribution in [3.63, 3.8) is 0 Å². The molecule has 0 radical (unpaired) electrons. The number of carbonyl (C=O) groups is 1. The summed E-state index contributed by atoms with van der Waals surface area (Å²) in [5.74, 6) is -1.89. The van der Waals surface area contributed by atoms with Gasteiger partial charge in [0.2, 0.25) is 5.88 Å². The normalized spacial score (nSPS) is 15.5. The number of hydrogen-bond donors (Lipinski definition) is 1. The Bertz CT molecular complexity index is 1320. The molecule has 0 aliphatic carbocycles. The molecule has 1 aliphatic heterocycles. The maximum absolute atomic E-state index is 13.6. The predicted octanol–water partition coefficient (Wildman–Crippen LogP) is 4.82. The van der Waals surface area contributed by atoms with Crippen molar-refractivity contribution in [3.05, 3.63) is 80.8 Å². The number of aryl methyl sites for hydroxylation is 1. The van der Waals surface area contributed by atoms with E-state index in [1.165, 1.54) is 36.0 Å². The topological polar surface area (TPSA) is 122 Å². The van der Waals surface area contributed by atoms with Crippen molar-refractivity contribution in [1.82, 2.24) is 4.98 Å². The molecule has 0 fully saturated rings. The summed E-state index contributed by atoms with van der Waals surface area (Å²) in [5, 5.41) is 20.0. The Labute approximate surface area is 208 Å². The van der Waals surface area contributed by atoms with Gasteiger partial charge in [0.15, 0.2) is 0 Å². The Hall–Kier alpha value is -3.82. The third-order valence-electron chi connectivity index (χ3n) is 5.68. The van der Waals surface area contributed by atoms with Crippen molar-refractivity contribution in [1.29, 1.82) is 10.5 Å². The van der Waals surface area contributed by atoms with Crippen LogP contribution in [0, 0.1) is 49.3 Å². The van der Waals surface area contributed by atoms with Crippen molar-refractivity contribution in [3.8, 4) is 12.1 Å². The summed E-state index contributed by atoms with van der Waals surface area (Å²) < 4.78 is 24.9. The number of halogens is 1. The molecule has 9 heteroatoms. The lowest BCUT2D eigenvalue weighted by atomic mass is 9.83. The number of nitrogens with two attached hydrogens (primary N) is 1. The molecule has 180 valence electrons. The minimum atomic E-state index is -0.902. The zero-order valence-corrected chi connectivity index (χ0v) is 20.9. The Morgan fingerprint density at radius 1 is 1.20 bits per heavy atom. The highest BCUT2D eigenvalue weighted by atomic mass is 32.2. The third kappa shape index (κ3) is 5.31. The fraction of sp³-hybridized carbons (Fsp3) is 0.308. The highest BCUT2D eigenvalue weighted by Gasteiger charge is 2.38. The Kier molecular flexibility index (Phi) is 7.83. The first kappa shape index (κ1) is 25.8. The zero-order chi connectivity index (χ0) is 25.9. The molecule has 0 amide bonds. The summed E-state index contributed by atoms with van der Waals surface area (Å²) in [5.41, 5.74) is 9.70. The smallest absolute Gasteiger partial charge is 0.338 e. The van der Waals surface area contributed by atoms with E-state index in [1.807, 2.05) is 26.8 Å². The fourth-order valence-electron chi connectivity index (χ4n) is 3.70. The number of nitrogens with zero attached hydrogens (tertiary/aromatic N) is 3. The maximum atomic E-state index is 13.6. The second kappa shape index (κ2) is 10.6. The van der Waals surface area contributed by atoms with Crippen LogP contribution in [0.3, 0.4) is 0 Å². The monoisotopic (exact) mass is 492 g/mol. The molecule has 1 atom stereocenters. The van der Waals surface area contributed by atoms with Gasteiger partial charge in [0.05, 0.1) is 28.9 Å². The van der Waals surface area contributed by atoms with E-state index >= 15 is 0 Å². The van der Waals surface area contributed by atoms with Crippen molar-refractivity contribution in [2.45, 2.75) is 51.7 Å². The van der Waals surface area contributed by atoms with Gasteiger partial charge in [-0.25, -0.2) is 14.2 Å². The lowest BCUT2D eigenvalue weighted by Gasteiger charge is -2.28. The van der Waals surface area contributed by atoms with Gasteiger partial charge in [-0.15, -0.1) is 0 Å². The average molecular weight is 493 g/mol. The summed E-state index contributed by atoms with van der Waals surface area (Å²) in [6, 6.07) is 9.70. The number of pyridine rings is 1. The first-order valence-corrected chi connectivity index (χ1v) is 11.8. The van der Waals surface area contributed by atoms with Gasteiger partial charge in [-0.2, -0.15) is 10.5 Å². The Balaban J connectivity index is 2.13. The molecule has 0 unspecified atom stereocenters. The maximum Gasteiger partial charge on any atom is 0.338 e. The molecule has 0 saturated heterocycles. The molecule has 1 aromatic heterocycles. The number of aromatic nitrogens is 1. The largest absolute Gasteiger partial charge is 0.459 e. The molecule has 7 nitrogen and oxygen atoms in total. The first-order valence-electron chi connectivity index (χ1n) is 10.9. The third-order valence-corrected chi connectivity index (χ3v) is 6.65. The number of esters is 1. The van der Waals surface area contributed by atoms with E-state index in [0.717, 1.165) is 16.8 Å².